The normalized spacial score (nSPS) is 13.6. The standard InChI is InChI=1S/C13H17F3O2/c14-13(15,16)12(17)10-18-9-5-4-8-11-6-2-1-3-7-11/h1-3,6-7,12,17H,4-5,8-10H2. The first-order valence-electron chi connectivity index (χ1n) is 5.86. The van der Waals surface area contributed by atoms with E-state index in [1.807, 2.05) is 30.3 Å². The van der Waals surface area contributed by atoms with Crippen LogP contribution in [0.2, 0.25) is 0 Å². The first kappa shape index (κ1) is 15.0. The van der Waals surface area contributed by atoms with Gasteiger partial charge in [-0.05, 0) is 24.8 Å². The van der Waals surface area contributed by atoms with Crippen molar-refractivity contribution in [3.8, 4) is 0 Å². The van der Waals surface area contributed by atoms with E-state index < -0.39 is 18.9 Å². The number of aliphatic hydroxyl groups excluding tert-OH is 1. The quantitative estimate of drug-likeness (QED) is 0.765. The van der Waals surface area contributed by atoms with Crippen molar-refractivity contribution < 1.29 is 23.0 Å². The molecule has 0 bridgehead atoms. The molecule has 0 amide bonds. The molecule has 0 aromatic heterocycles. The molecule has 0 saturated heterocycles. The van der Waals surface area contributed by atoms with Crippen molar-refractivity contribution in [2.75, 3.05) is 13.2 Å². The summed E-state index contributed by atoms with van der Waals surface area (Å²) < 4.78 is 40.5. The molecule has 1 unspecified atom stereocenters. The molecule has 1 N–H and O–H groups in total. The average Bonchev–Trinajstić information content (AvgIpc) is 2.33. The molecule has 0 saturated carbocycles. The number of aryl methyl sites for hydroxylation is 1. The fourth-order valence-electron chi connectivity index (χ4n) is 1.47. The molecule has 0 aliphatic heterocycles. The van der Waals surface area contributed by atoms with Crippen LogP contribution in [0.4, 0.5) is 13.2 Å². The smallest absolute Gasteiger partial charge is 0.382 e. The van der Waals surface area contributed by atoms with E-state index in [0.29, 0.717) is 6.42 Å². The summed E-state index contributed by atoms with van der Waals surface area (Å²) in [7, 11) is 0. The summed E-state index contributed by atoms with van der Waals surface area (Å²) >= 11 is 0. The second kappa shape index (κ2) is 7.38. The van der Waals surface area contributed by atoms with Gasteiger partial charge in [0.15, 0.2) is 6.10 Å². The lowest BCUT2D eigenvalue weighted by molar-refractivity contribution is -0.217. The van der Waals surface area contributed by atoms with E-state index >= 15 is 0 Å². The van der Waals surface area contributed by atoms with Crippen molar-refractivity contribution in [2.45, 2.75) is 31.5 Å². The summed E-state index contributed by atoms with van der Waals surface area (Å²) in [5.41, 5.74) is 1.20. The highest BCUT2D eigenvalue weighted by molar-refractivity contribution is 5.14. The molecule has 18 heavy (non-hydrogen) atoms. The fourth-order valence-corrected chi connectivity index (χ4v) is 1.47. The van der Waals surface area contributed by atoms with Crippen LogP contribution in [-0.2, 0) is 11.2 Å². The van der Waals surface area contributed by atoms with Crippen LogP contribution < -0.4 is 0 Å². The highest BCUT2D eigenvalue weighted by Gasteiger charge is 2.38. The SMILES string of the molecule is OC(COCCCCc1ccccc1)C(F)(F)F. The van der Waals surface area contributed by atoms with Crippen LogP contribution in [0.25, 0.3) is 0 Å². The van der Waals surface area contributed by atoms with Gasteiger partial charge in [-0.1, -0.05) is 30.3 Å². The molecule has 0 spiro atoms. The van der Waals surface area contributed by atoms with Crippen LogP contribution >= 0.6 is 0 Å². The summed E-state index contributed by atoms with van der Waals surface area (Å²) in [5, 5.41) is 8.67. The molecule has 0 fully saturated rings. The second-order valence-corrected chi connectivity index (χ2v) is 4.08. The Morgan fingerprint density at radius 1 is 1.11 bits per heavy atom. The predicted octanol–water partition coefficient (Wildman–Crippen LogP) is 2.95. The van der Waals surface area contributed by atoms with Gasteiger partial charge in [0.2, 0.25) is 0 Å². The Hall–Kier alpha value is -1.07. The van der Waals surface area contributed by atoms with E-state index in [4.69, 9.17) is 9.84 Å². The molecule has 0 radical (unpaired) electrons. The van der Waals surface area contributed by atoms with Crippen LogP contribution in [-0.4, -0.2) is 30.6 Å². The van der Waals surface area contributed by atoms with Gasteiger partial charge in [0.25, 0.3) is 0 Å². The largest absolute Gasteiger partial charge is 0.416 e. The van der Waals surface area contributed by atoms with Crippen molar-refractivity contribution in [1.82, 2.24) is 0 Å². The number of halogens is 3. The van der Waals surface area contributed by atoms with Gasteiger partial charge in [0, 0.05) is 6.61 Å². The number of hydrogen-bond acceptors (Lipinski definition) is 2. The Balaban J connectivity index is 2.03. The van der Waals surface area contributed by atoms with E-state index in [1.165, 1.54) is 5.56 Å². The summed E-state index contributed by atoms with van der Waals surface area (Å²) in [6.45, 7) is -0.450. The van der Waals surface area contributed by atoms with Crippen molar-refractivity contribution in [1.29, 1.82) is 0 Å². The van der Waals surface area contributed by atoms with E-state index in [1.54, 1.807) is 0 Å². The molecule has 1 atom stereocenters. The zero-order valence-corrected chi connectivity index (χ0v) is 9.99. The number of ether oxygens (including phenoxy) is 1. The minimum absolute atomic E-state index is 0.236. The maximum atomic E-state index is 11.9. The summed E-state index contributed by atoms with van der Waals surface area (Å²) in [6, 6.07) is 9.85. The van der Waals surface area contributed by atoms with Gasteiger partial charge in [-0.15, -0.1) is 0 Å². The maximum Gasteiger partial charge on any atom is 0.416 e. The zero-order valence-electron chi connectivity index (χ0n) is 9.99. The van der Waals surface area contributed by atoms with Crippen molar-refractivity contribution in [3.05, 3.63) is 35.9 Å². The van der Waals surface area contributed by atoms with E-state index in [0.717, 1.165) is 12.8 Å². The lowest BCUT2D eigenvalue weighted by Crippen LogP contribution is -2.33. The van der Waals surface area contributed by atoms with Crippen LogP contribution in [0, 0.1) is 0 Å². The third kappa shape index (κ3) is 6.02. The zero-order chi connectivity index (χ0) is 13.4. The highest BCUT2D eigenvalue weighted by Crippen LogP contribution is 2.20. The second-order valence-electron chi connectivity index (χ2n) is 4.08. The van der Waals surface area contributed by atoms with Gasteiger partial charge in [-0.25, -0.2) is 0 Å². The van der Waals surface area contributed by atoms with Crippen LogP contribution in [0.1, 0.15) is 18.4 Å². The molecule has 5 heteroatoms. The minimum Gasteiger partial charge on any atom is -0.382 e. The Labute approximate surface area is 104 Å². The summed E-state index contributed by atoms with van der Waals surface area (Å²) in [5.74, 6) is 0. The molecular weight excluding hydrogens is 245 g/mol. The van der Waals surface area contributed by atoms with Crippen LogP contribution in [0.15, 0.2) is 30.3 Å². The van der Waals surface area contributed by atoms with E-state index in [9.17, 15) is 13.2 Å². The third-order valence-corrected chi connectivity index (χ3v) is 2.50. The molecule has 102 valence electrons. The molecule has 2 nitrogen and oxygen atoms in total. The predicted molar refractivity (Wildman–Crippen MR) is 62.3 cm³/mol. The van der Waals surface area contributed by atoms with Crippen LogP contribution in [0.3, 0.4) is 0 Å². The molecule has 0 heterocycles. The van der Waals surface area contributed by atoms with Crippen molar-refractivity contribution in [3.63, 3.8) is 0 Å². The average molecular weight is 262 g/mol. The first-order chi connectivity index (χ1) is 8.50. The lowest BCUT2D eigenvalue weighted by Gasteiger charge is -2.14. The Kier molecular flexibility index (Phi) is 6.15. The van der Waals surface area contributed by atoms with Gasteiger partial charge >= 0.3 is 6.18 Å². The fraction of sp³-hybridized carbons (Fsp3) is 0.538. The number of hydrogen-bond donors (Lipinski definition) is 1. The summed E-state index contributed by atoms with van der Waals surface area (Å²) in [4.78, 5) is 0. The highest BCUT2D eigenvalue weighted by atomic mass is 19.4. The first-order valence-corrected chi connectivity index (χ1v) is 5.86. The Morgan fingerprint density at radius 2 is 1.78 bits per heavy atom. The number of aliphatic hydroxyl groups is 1. The van der Waals surface area contributed by atoms with E-state index in [-0.39, 0.29) is 6.61 Å². The monoisotopic (exact) mass is 262 g/mol. The molecule has 1 aromatic carbocycles. The Morgan fingerprint density at radius 3 is 2.39 bits per heavy atom. The maximum absolute atomic E-state index is 11.9. The van der Waals surface area contributed by atoms with Gasteiger partial charge in [-0.2, -0.15) is 13.2 Å². The molecule has 1 rings (SSSR count). The van der Waals surface area contributed by atoms with Gasteiger partial charge in [0.1, 0.15) is 0 Å². The minimum atomic E-state index is -4.59. The lowest BCUT2D eigenvalue weighted by atomic mass is 10.1. The summed E-state index contributed by atoms with van der Waals surface area (Å²) in [6.07, 6.45) is -4.56. The third-order valence-electron chi connectivity index (χ3n) is 2.50. The number of unbranched alkanes of at least 4 members (excludes halogenated alkanes) is 1. The number of benzene rings is 1. The molecular formula is C13H17F3O2. The Bertz CT molecular complexity index is 325. The van der Waals surface area contributed by atoms with Crippen molar-refractivity contribution in [2.24, 2.45) is 0 Å². The van der Waals surface area contributed by atoms with Crippen LogP contribution in [0.5, 0.6) is 0 Å². The van der Waals surface area contributed by atoms with Gasteiger partial charge < -0.3 is 9.84 Å². The topological polar surface area (TPSA) is 29.5 Å². The van der Waals surface area contributed by atoms with Gasteiger partial charge in [-0.3, -0.25) is 0 Å². The molecule has 0 aliphatic rings. The van der Waals surface area contributed by atoms with E-state index in [2.05, 4.69) is 0 Å². The van der Waals surface area contributed by atoms with Gasteiger partial charge in [0.05, 0.1) is 6.61 Å². The number of alkyl halides is 3. The molecule has 1 aromatic rings. The number of rotatable bonds is 7. The molecule has 0 aliphatic carbocycles. The van der Waals surface area contributed by atoms with Crippen molar-refractivity contribution >= 4 is 0 Å².